The molecule has 104 valence electrons. The zero-order valence-corrected chi connectivity index (χ0v) is 11.9. The molecule has 0 spiro atoms. The molecule has 1 aromatic heterocycles. The minimum Gasteiger partial charge on any atom is -0.350 e. The molecule has 1 heterocycles. The number of hydrogen-bond acceptors (Lipinski definition) is 1. The molecule has 3 heteroatoms. The van der Waals surface area contributed by atoms with Crippen molar-refractivity contribution >= 4 is 16.8 Å². The average Bonchev–Trinajstić information content (AvgIpc) is 2.80. The molecular formula is C17H20N2O. The van der Waals surface area contributed by atoms with Crippen molar-refractivity contribution in [3.63, 3.8) is 0 Å². The van der Waals surface area contributed by atoms with Crippen LogP contribution in [0.15, 0.2) is 55.8 Å². The topological polar surface area (TPSA) is 25.2 Å². The highest BCUT2D eigenvalue weighted by atomic mass is 16.2. The molecule has 3 nitrogen and oxygen atoms in total. The molecule has 2 aromatic rings. The first kappa shape index (κ1) is 14.1. The lowest BCUT2D eigenvalue weighted by Gasteiger charge is -2.19. The molecular weight excluding hydrogens is 248 g/mol. The van der Waals surface area contributed by atoms with E-state index < -0.39 is 0 Å². The molecule has 0 N–H and O–H groups in total. The number of aryl methyl sites for hydroxylation is 1. The Morgan fingerprint density at radius 3 is 2.80 bits per heavy atom. The lowest BCUT2D eigenvalue weighted by Crippen LogP contribution is -2.31. The van der Waals surface area contributed by atoms with E-state index in [0.717, 1.165) is 6.42 Å². The van der Waals surface area contributed by atoms with Crippen LogP contribution in [0.1, 0.15) is 5.56 Å². The van der Waals surface area contributed by atoms with E-state index in [1.165, 1.54) is 22.5 Å². The molecule has 1 amide bonds. The molecule has 0 aliphatic carbocycles. The van der Waals surface area contributed by atoms with Gasteiger partial charge in [-0.2, -0.15) is 0 Å². The Morgan fingerprint density at radius 1 is 1.35 bits per heavy atom. The number of aromatic nitrogens is 1. The summed E-state index contributed by atoms with van der Waals surface area (Å²) in [5, 5.41) is 1.25. The smallest absolute Gasteiger partial charge is 0.246 e. The van der Waals surface area contributed by atoms with Gasteiger partial charge in [-0.15, -0.1) is 6.58 Å². The van der Waals surface area contributed by atoms with E-state index in [9.17, 15) is 4.79 Å². The summed E-state index contributed by atoms with van der Waals surface area (Å²) >= 11 is 0. The van der Waals surface area contributed by atoms with Crippen LogP contribution in [0.3, 0.4) is 0 Å². The second-order valence-electron chi connectivity index (χ2n) is 4.81. The molecule has 0 saturated carbocycles. The zero-order valence-electron chi connectivity index (χ0n) is 11.9. The lowest BCUT2D eigenvalue weighted by atomic mass is 10.1. The number of carbonyl (C=O) groups is 1. The minimum atomic E-state index is -0.0508. The van der Waals surface area contributed by atoms with Gasteiger partial charge in [0.15, 0.2) is 0 Å². The first-order valence-electron chi connectivity index (χ1n) is 6.72. The number of carbonyl (C=O) groups excluding carboxylic acids is 1. The third-order valence-electron chi connectivity index (χ3n) is 3.47. The van der Waals surface area contributed by atoms with Crippen LogP contribution in [0.2, 0.25) is 0 Å². The van der Waals surface area contributed by atoms with Crippen molar-refractivity contribution in [1.82, 2.24) is 9.47 Å². The molecule has 1 aromatic carbocycles. The van der Waals surface area contributed by atoms with Gasteiger partial charge in [0.25, 0.3) is 0 Å². The van der Waals surface area contributed by atoms with Crippen LogP contribution in [0.25, 0.3) is 10.9 Å². The second kappa shape index (κ2) is 6.24. The molecule has 0 saturated heterocycles. The van der Waals surface area contributed by atoms with E-state index in [2.05, 4.69) is 36.1 Å². The number of rotatable bonds is 6. The third-order valence-corrected chi connectivity index (χ3v) is 3.47. The van der Waals surface area contributed by atoms with Crippen molar-refractivity contribution in [1.29, 1.82) is 0 Å². The van der Waals surface area contributed by atoms with Crippen molar-refractivity contribution in [2.24, 2.45) is 7.05 Å². The van der Waals surface area contributed by atoms with Crippen LogP contribution in [0.4, 0.5) is 0 Å². The monoisotopic (exact) mass is 268 g/mol. The maximum atomic E-state index is 11.7. The third kappa shape index (κ3) is 2.82. The number of hydrogen-bond donors (Lipinski definition) is 0. The molecule has 0 bridgehead atoms. The molecule has 0 radical (unpaired) electrons. The van der Waals surface area contributed by atoms with Crippen LogP contribution < -0.4 is 0 Å². The summed E-state index contributed by atoms with van der Waals surface area (Å²) in [6, 6.07) is 8.31. The molecule has 0 fully saturated rings. The normalized spacial score (nSPS) is 10.4. The van der Waals surface area contributed by atoms with Crippen LogP contribution in [0, 0.1) is 0 Å². The van der Waals surface area contributed by atoms with Gasteiger partial charge >= 0.3 is 0 Å². The van der Waals surface area contributed by atoms with Gasteiger partial charge in [0.1, 0.15) is 0 Å². The molecule has 0 aliphatic heterocycles. The summed E-state index contributed by atoms with van der Waals surface area (Å²) in [5.41, 5.74) is 2.47. The Kier molecular flexibility index (Phi) is 4.41. The van der Waals surface area contributed by atoms with Crippen molar-refractivity contribution in [3.05, 3.63) is 61.3 Å². The summed E-state index contributed by atoms with van der Waals surface area (Å²) in [6.07, 6.45) is 6.06. The molecule has 2 rings (SSSR count). The van der Waals surface area contributed by atoms with E-state index in [4.69, 9.17) is 0 Å². The van der Waals surface area contributed by atoms with Crippen molar-refractivity contribution < 1.29 is 4.79 Å². The zero-order chi connectivity index (χ0) is 14.5. The summed E-state index contributed by atoms with van der Waals surface area (Å²) in [7, 11) is 2.04. The molecule has 0 unspecified atom stereocenters. The maximum absolute atomic E-state index is 11.7. The predicted molar refractivity (Wildman–Crippen MR) is 83.6 cm³/mol. The quantitative estimate of drug-likeness (QED) is 0.584. The van der Waals surface area contributed by atoms with E-state index in [1.807, 2.05) is 19.2 Å². The molecule has 20 heavy (non-hydrogen) atoms. The average molecular weight is 268 g/mol. The highest BCUT2D eigenvalue weighted by Gasteiger charge is 2.11. The van der Waals surface area contributed by atoms with Crippen molar-refractivity contribution in [2.75, 3.05) is 13.1 Å². The van der Waals surface area contributed by atoms with Gasteiger partial charge in [-0.3, -0.25) is 4.79 Å². The molecule has 0 aliphatic rings. The largest absolute Gasteiger partial charge is 0.350 e. The lowest BCUT2D eigenvalue weighted by molar-refractivity contribution is -0.125. The van der Waals surface area contributed by atoms with Gasteiger partial charge in [0, 0.05) is 37.2 Å². The number of fused-ring (bicyclic) bond motifs is 1. The SMILES string of the molecule is C=CCN(CCc1cn(C)c2ccccc12)C(=O)C=C. The summed E-state index contributed by atoms with van der Waals surface area (Å²) < 4.78 is 2.12. The second-order valence-corrected chi connectivity index (χ2v) is 4.81. The van der Waals surface area contributed by atoms with E-state index in [0.29, 0.717) is 13.1 Å². The van der Waals surface area contributed by atoms with E-state index >= 15 is 0 Å². The first-order valence-corrected chi connectivity index (χ1v) is 6.72. The Balaban J connectivity index is 2.17. The fourth-order valence-electron chi connectivity index (χ4n) is 2.46. The summed E-state index contributed by atoms with van der Waals surface area (Å²) in [6.45, 7) is 8.46. The van der Waals surface area contributed by atoms with Crippen molar-refractivity contribution in [2.45, 2.75) is 6.42 Å². The Bertz CT molecular complexity index is 639. The maximum Gasteiger partial charge on any atom is 0.246 e. The minimum absolute atomic E-state index is 0.0508. The van der Waals surface area contributed by atoms with Crippen LogP contribution in [-0.4, -0.2) is 28.5 Å². The summed E-state index contributed by atoms with van der Waals surface area (Å²) in [4.78, 5) is 13.5. The fourth-order valence-corrected chi connectivity index (χ4v) is 2.46. The Morgan fingerprint density at radius 2 is 2.10 bits per heavy atom. The Labute approximate surface area is 119 Å². The fraction of sp³-hybridized carbons (Fsp3) is 0.235. The van der Waals surface area contributed by atoms with Crippen LogP contribution in [-0.2, 0) is 18.3 Å². The summed E-state index contributed by atoms with van der Waals surface area (Å²) in [5.74, 6) is -0.0508. The van der Waals surface area contributed by atoms with Gasteiger partial charge in [-0.1, -0.05) is 30.9 Å². The predicted octanol–water partition coefficient (Wildman–Crippen LogP) is 2.92. The van der Waals surface area contributed by atoms with Crippen LogP contribution >= 0.6 is 0 Å². The van der Waals surface area contributed by atoms with Gasteiger partial charge < -0.3 is 9.47 Å². The van der Waals surface area contributed by atoms with Gasteiger partial charge in [-0.05, 0) is 24.1 Å². The highest BCUT2D eigenvalue weighted by molar-refractivity contribution is 5.87. The highest BCUT2D eigenvalue weighted by Crippen LogP contribution is 2.20. The van der Waals surface area contributed by atoms with Crippen LogP contribution in [0.5, 0.6) is 0 Å². The standard InChI is InChI=1S/C17H20N2O/c1-4-11-19(17(20)5-2)12-10-14-13-18(3)16-9-7-6-8-15(14)16/h4-9,13H,1-2,10-12H2,3H3. The Hall–Kier alpha value is -2.29. The number of nitrogens with zero attached hydrogens (tertiary/aromatic N) is 2. The number of amides is 1. The van der Waals surface area contributed by atoms with E-state index in [1.54, 1.807) is 11.0 Å². The van der Waals surface area contributed by atoms with Gasteiger partial charge in [0.2, 0.25) is 5.91 Å². The molecule has 0 atom stereocenters. The van der Waals surface area contributed by atoms with Gasteiger partial charge in [0.05, 0.1) is 0 Å². The number of para-hydroxylation sites is 1. The van der Waals surface area contributed by atoms with Gasteiger partial charge in [-0.25, -0.2) is 0 Å². The number of benzene rings is 1. The van der Waals surface area contributed by atoms with E-state index in [-0.39, 0.29) is 5.91 Å². The van der Waals surface area contributed by atoms with Crippen molar-refractivity contribution in [3.8, 4) is 0 Å². The first-order chi connectivity index (χ1) is 9.67.